The van der Waals surface area contributed by atoms with Crippen LogP contribution in [0.15, 0.2) is 66.8 Å². The highest BCUT2D eigenvalue weighted by molar-refractivity contribution is 5.76. The van der Waals surface area contributed by atoms with Gasteiger partial charge in [0.1, 0.15) is 0 Å². The number of benzene rings is 1. The van der Waals surface area contributed by atoms with Crippen LogP contribution in [0.1, 0.15) is 77.2 Å². The molecule has 1 atom stereocenters. The summed E-state index contributed by atoms with van der Waals surface area (Å²) in [5, 5.41) is 12.9. The third kappa shape index (κ3) is 14.8. The lowest BCUT2D eigenvalue weighted by Crippen LogP contribution is -2.33. The number of amides is 1. The summed E-state index contributed by atoms with van der Waals surface area (Å²) < 4.78 is 5.06. The van der Waals surface area contributed by atoms with E-state index in [1.807, 2.05) is 13.0 Å². The minimum Gasteiger partial charge on any atom is -0.504 e. The van der Waals surface area contributed by atoms with Gasteiger partial charge < -0.3 is 15.2 Å². The number of phenolic OH excluding ortho intramolecular Hbond substituents is 1. The predicted octanol–water partition coefficient (Wildman–Crippen LogP) is 7.20. The SMILES string of the molecule is CCCC/C=C\C/C=C\C/C=C\C/C=C\CCCC(=O)NC(C)Cc1ccc(OC)c(O)c1. The summed E-state index contributed by atoms with van der Waals surface area (Å²) in [6, 6.07) is 5.34. The van der Waals surface area contributed by atoms with Crippen LogP contribution in [0.3, 0.4) is 0 Å². The normalized spacial score (nSPS) is 12.9. The zero-order valence-electron chi connectivity index (χ0n) is 20.8. The van der Waals surface area contributed by atoms with Crippen LogP contribution >= 0.6 is 0 Å². The average molecular weight is 454 g/mol. The third-order valence-corrected chi connectivity index (χ3v) is 5.17. The molecule has 0 aliphatic carbocycles. The lowest BCUT2D eigenvalue weighted by molar-refractivity contribution is -0.121. The highest BCUT2D eigenvalue weighted by Gasteiger charge is 2.09. The Morgan fingerprint density at radius 3 is 2.09 bits per heavy atom. The first-order valence-corrected chi connectivity index (χ1v) is 12.3. The van der Waals surface area contributed by atoms with Crippen molar-refractivity contribution in [2.45, 2.75) is 84.1 Å². The smallest absolute Gasteiger partial charge is 0.220 e. The second-order valence-electron chi connectivity index (χ2n) is 8.31. The predicted molar refractivity (Wildman–Crippen MR) is 140 cm³/mol. The second kappa shape index (κ2) is 18.8. The van der Waals surface area contributed by atoms with E-state index < -0.39 is 0 Å². The summed E-state index contributed by atoms with van der Waals surface area (Å²) in [6.07, 6.45) is 27.2. The Morgan fingerprint density at radius 2 is 1.55 bits per heavy atom. The molecular formula is C29H43NO3. The molecule has 1 aromatic rings. The van der Waals surface area contributed by atoms with Crippen LogP contribution in [0.2, 0.25) is 0 Å². The molecule has 1 unspecified atom stereocenters. The number of rotatable bonds is 17. The number of hydrogen-bond acceptors (Lipinski definition) is 3. The van der Waals surface area contributed by atoms with E-state index in [1.54, 1.807) is 12.1 Å². The Hall–Kier alpha value is -2.75. The van der Waals surface area contributed by atoms with Crippen molar-refractivity contribution in [3.8, 4) is 11.5 Å². The van der Waals surface area contributed by atoms with E-state index in [4.69, 9.17) is 4.74 Å². The van der Waals surface area contributed by atoms with E-state index in [9.17, 15) is 9.90 Å². The lowest BCUT2D eigenvalue weighted by atomic mass is 10.1. The molecule has 0 fully saturated rings. The summed E-state index contributed by atoms with van der Waals surface area (Å²) >= 11 is 0. The Balaban J connectivity index is 2.08. The van der Waals surface area contributed by atoms with Crippen molar-refractivity contribution in [1.29, 1.82) is 0 Å². The van der Waals surface area contributed by atoms with Crippen molar-refractivity contribution < 1.29 is 14.6 Å². The van der Waals surface area contributed by atoms with Crippen LogP contribution in [-0.4, -0.2) is 24.2 Å². The van der Waals surface area contributed by atoms with E-state index in [0.717, 1.165) is 37.7 Å². The molecule has 33 heavy (non-hydrogen) atoms. The molecule has 0 heterocycles. The molecule has 0 aliphatic rings. The Labute approximate surface area is 201 Å². The van der Waals surface area contributed by atoms with Crippen molar-refractivity contribution >= 4 is 5.91 Å². The topological polar surface area (TPSA) is 58.6 Å². The number of hydrogen-bond donors (Lipinski definition) is 2. The van der Waals surface area contributed by atoms with Gasteiger partial charge in [-0.15, -0.1) is 0 Å². The zero-order valence-corrected chi connectivity index (χ0v) is 20.8. The molecule has 0 bridgehead atoms. The van der Waals surface area contributed by atoms with Crippen LogP contribution in [0.4, 0.5) is 0 Å². The van der Waals surface area contributed by atoms with Crippen LogP contribution in [0.5, 0.6) is 11.5 Å². The van der Waals surface area contributed by atoms with Gasteiger partial charge in [-0.2, -0.15) is 0 Å². The molecule has 1 aromatic carbocycles. The molecule has 1 amide bonds. The van der Waals surface area contributed by atoms with E-state index >= 15 is 0 Å². The second-order valence-corrected chi connectivity index (χ2v) is 8.31. The summed E-state index contributed by atoms with van der Waals surface area (Å²) in [5.41, 5.74) is 0.965. The minimum atomic E-state index is 0.0112. The van der Waals surface area contributed by atoms with Gasteiger partial charge in [-0.25, -0.2) is 0 Å². The molecule has 0 spiro atoms. The summed E-state index contributed by atoms with van der Waals surface area (Å²) in [6.45, 7) is 4.20. The summed E-state index contributed by atoms with van der Waals surface area (Å²) in [7, 11) is 1.53. The van der Waals surface area contributed by atoms with Gasteiger partial charge in [0.05, 0.1) is 7.11 Å². The molecule has 0 radical (unpaired) electrons. The molecule has 1 rings (SSSR count). The van der Waals surface area contributed by atoms with Crippen molar-refractivity contribution in [3.63, 3.8) is 0 Å². The maximum Gasteiger partial charge on any atom is 0.220 e. The lowest BCUT2D eigenvalue weighted by Gasteiger charge is -2.14. The van der Waals surface area contributed by atoms with Crippen molar-refractivity contribution in [2.24, 2.45) is 0 Å². The first-order valence-electron chi connectivity index (χ1n) is 12.3. The van der Waals surface area contributed by atoms with Crippen molar-refractivity contribution in [3.05, 3.63) is 72.4 Å². The van der Waals surface area contributed by atoms with Gasteiger partial charge in [0.25, 0.3) is 0 Å². The highest BCUT2D eigenvalue weighted by atomic mass is 16.5. The van der Waals surface area contributed by atoms with Crippen LogP contribution in [0, 0.1) is 0 Å². The number of ether oxygens (including phenoxy) is 1. The maximum absolute atomic E-state index is 12.1. The zero-order chi connectivity index (χ0) is 24.2. The fourth-order valence-electron chi connectivity index (χ4n) is 3.37. The van der Waals surface area contributed by atoms with E-state index in [-0.39, 0.29) is 17.7 Å². The summed E-state index contributed by atoms with van der Waals surface area (Å²) in [4.78, 5) is 12.1. The number of allylic oxidation sites excluding steroid dienone is 8. The minimum absolute atomic E-state index is 0.0112. The molecule has 2 N–H and O–H groups in total. The fraction of sp³-hybridized carbons (Fsp3) is 0.483. The fourth-order valence-corrected chi connectivity index (χ4v) is 3.37. The van der Waals surface area contributed by atoms with Crippen molar-refractivity contribution in [2.75, 3.05) is 7.11 Å². The third-order valence-electron chi connectivity index (χ3n) is 5.17. The Kier molecular flexibility index (Phi) is 16.1. The van der Waals surface area contributed by atoms with Gasteiger partial charge in [0.2, 0.25) is 5.91 Å². The van der Waals surface area contributed by atoms with Gasteiger partial charge >= 0.3 is 0 Å². The van der Waals surface area contributed by atoms with Crippen LogP contribution in [0.25, 0.3) is 0 Å². The van der Waals surface area contributed by atoms with Gasteiger partial charge in [0, 0.05) is 12.5 Å². The van der Waals surface area contributed by atoms with E-state index in [0.29, 0.717) is 18.6 Å². The molecule has 0 saturated heterocycles. The summed E-state index contributed by atoms with van der Waals surface area (Å²) in [5.74, 6) is 0.648. The standard InChI is InChI=1S/C29H43NO3/c1-4-5-6-7-8-9-10-11-12-13-14-15-16-17-18-19-20-29(32)30-25(2)23-26-21-22-28(33-3)27(31)24-26/h7-8,10-11,13-14,16-17,21-22,24-25,31H,4-6,9,12,15,18-20,23H2,1-3H3,(H,30,32)/b8-7-,11-10-,14-13-,17-16-. The van der Waals surface area contributed by atoms with Crippen LogP contribution < -0.4 is 10.1 Å². The molecule has 4 heteroatoms. The van der Waals surface area contributed by atoms with Gasteiger partial charge in [0.15, 0.2) is 11.5 Å². The highest BCUT2D eigenvalue weighted by Crippen LogP contribution is 2.26. The number of aromatic hydroxyl groups is 1. The van der Waals surface area contributed by atoms with Crippen molar-refractivity contribution in [1.82, 2.24) is 5.32 Å². The molecule has 0 aliphatic heterocycles. The first kappa shape index (κ1) is 28.3. The van der Waals surface area contributed by atoms with Crippen LogP contribution in [-0.2, 0) is 11.2 Å². The quantitative estimate of drug-likeness (QED) is 0.194. The number of phenols is 1. The monoisotopic (exact) mass is 453 g/mol. The largest absolute Gasteiger partial charge is 0.504 e. The molecule has 182 valence electrons. The number of nitrogens with one attached hydrogen (secondary N) is 1. The van der Waals surface area contributed by atoms with Gasteiger partial charge in [-0.3, -0.25) is 4.79 Å². The van der Waals surface area contributed by atoms with E-state index in [1.165, 1.54) is 26.4 Å². The molecule has 4 nitrogen and oxygen atoms in total. The van der Waals surface area contributed by atoms with Gasteiger partial charge in [-0.1, -0.05) is 74.4 Å². The number of methoxy groups -OCH3 is 1. The molecule has 0 saturated carbocycles. The average Bonchev–Trinajstić information content (AvgIpc) is 2.78. The molecular weight excluding hydrogens is 410 g/mol. The van der Waals surface area contributed by atoms with E-state index in [2.05, 4.69) is 60.8 Å². The maximum atomic E-state index is 12.1. The Morgan fingerprint density at radius 1 is 0.970 bits per heavy atom. The number of unbranched alkanes of at least 4 members (excludes halogenated alkanes) is 3. The molecule has 0 aromatic heterocycles. The Bertz CT molecular complexity index is 777. The van der Waals surface area contributed by atoms with Gasteiger partial charge in [-0.05, 0) is 69.6 Å². The number of carbonyl (C=O) groups excluding carboxylic acids is 1. The first-order chi connectivity index (χ1) is 16.1. The number of carbonyl (C=O) groups is 1.